The van der Waals surface area contributed by atoms with E-state index >= 15 is 0 Å². The number of fused-ring (bicyclic) bond motifs is 1. The number of rotatable bonds is 10. The molecule has 0 aliphatic carbocycles. The molecule has 0 saturated heterocycles. The summed E-state index contributed by atoms with van der Waals surface area (Å²) in [6.07, 6.45) is 0.408. The molecule has 1 N–H and O–H groups in total. The maximum atomic E-state index is 13.9. The molecule has 1 aliphatic heterocycles. The smallest absolute Gasteiger partial charge is 0.269 e. The van der Waals surface area contributed by atoms with E-state index in [9.17, 15) is 22.8 Å². The van der Waals surface area contributed by atoms with Crippen molar-refractivity contribution in [2.24, 2.45) is 0 Å². The summed E-state index contributed by atoms with van der Waals surface area (Å²) in [4.78, 5) is 41.9. The fourth-order valence-corrected chi connectivity index (χ4v) is 6.59. The molecule has 1 aliphatic rings. The van der Waals surface area contributed by atoms with Crippen molar-refractivity contribution in [2.45, 2.75) is 70.0 Å². The first kappa shape index (κ1) is 30.0. The van der Waals surface area contributed by atoms with Crippen molar-refractivity contribution in [3.8, 4) is 0 Å². The Morgan fingerprint density at radius 3 is 2.24 bits per heavy atom. The van der Waals surface area contributed by atoms with E-state index < -0.39 is 27.5 Å². The first-order valence-corrected chi connectivity index (χ1v) is 15.2. The molecule has 0 bridgehead atoms. The zero-order chi connectivity index (χ0) is 29.8. The Labute approximate surface area is 242 Å². The van der Waals surface area contributed by atoms with E-state index in [0.717, 1.165) is 21.0 Å². The van der Waals surface area contributed by atoms with Crippen LogP contribution in [0.2, 0.25) is 0 Å². The topological polar surface area (TPSA) is 104 Å². The molecule has 0 saturated carbocycles. The quantitative estimate of drug-likeness (QED) is 0.384. The van der Waals surface area contributed by atoms with Crippen molar-refractivity contribution < 1.29 is 22.8 Å². The van der Waals surface area contributed by atoms with Gasteiger partial charge in [0.25, 0.3) is 15.9 Å². The predicted octanol–water partition coefficient (Wildman–Crippen LogP) is 4.47. The summed E-state index contributed by atoms with van der Waals surface area (Å²) in [5, 5.41) is 3.03. The Morgan fingerprint density at radius 1 is 0.927 bits per heavy atom. The van der Waals surface area contributed by atoms with Gasteiger partial charge in [0, 0.05) is 31.5 Å². The highest BCUT2D eigenvalue weighted by Crippen LogP contribution is 2.30. The van der Waals surface area contributed by atoms with Gasteiger partial charge in [0.2, 0.25) is 11.8 Å². The van der Waals surface area contributed by atoms with Crippen LogP contribution in [0.3, 0.4) is 0 Å². The molecule has 3 aromatic carbocycles. The summed E-state index contributed by atoms with van der Waals surface area (Å²) in [6.45, 7) is 7.72. The fraction of sp³-hybridized carbons (Fsp3) is 0.344. The summed E-state index contributed by atoms with van der Waals surface area (Å²) in [5.41, 5.74) is 2.46. The van der Waals surface area contributed by atoms with Crippen LogP contribution in [0.25, 0.3) is 0 Å². The zero-order valence-electron chi connectivity index (χ0n) is 24.0. The molecule has 0 spiro atoms. The Balaban J connectivity index is 1.58. The average Bonchev–Trinajstić information content (AvgIpc) is 3.10. The summed E-state index contributed by atoms with van der Waals surface area (Å²) in [6, 6.07) is 22.6. The van der Waals surface area contributed by atoms with Crippen molar-refractivity contribution in [1.82, 2.24) is 14.5 Å². The second kappa shape index (κ2) is 12.3. The number of amides is 3. The summed E-state index contributed by atoms with van der Waals surface area (Å²) >= 11 is 0. The van der Waals surface area contributed by atoms with E-state index in [1.807, 2.05) is 82.3 Å². The average molecular weight is 576 g/mol. The van der Waals surface area contributed by atoms with Gasteiger partial charge in [-0.25, -0.2) is 12.7 Å². The predicted molar refractivity (Wildman–Crippen MR) is 157 cm³/mol. The number of nitrogens with one attached hydrogen (secondary N) is 1. The molecule has 3 amide bonds. The van der Waals surface area contributed by atoms with Gasteiger partial charge in [-0.3, -0.25) is 14.4 Å². The number of carbonyl (C=O) groups is 3. The van der Waals surface area contributed by atoms with Crippen molar-refractivity contribution in [3.63, 3.8) is 0 Å². The molecular formula is C32H37N3O5S. The minimum absolute atomic E-state index is 0.0147. The van der Waals surface area contributed by atoms with Crippen LogP contribution in [0, 0.1) is 6.92 Å². The lowest BCUT2D eigenvalue weighted by atomic mass is 10.00. The van der Waals surface area contributed by atoms with Crippen LogP contribution in [0.5, 0.6) is 0 Å². The van der Waals surface area contributed by atoms with E-state index in [1.54, 1.807) is 17.0 Å². The van der Waals surface area contributed by atoms with Gasteiger partial charge in [0.1, 0.15) is 10.9 Å². The van der Waals surface area contributed by atoms with E-state index in [-0.39, 0.29) is 48.2 Å². The number of carbonyl (C=O) groups excluding carboxylic acids is 3. The third-order valence-corrected chi connectivity index (χ3v) is 8.71. The van der Waals surface area contributed by atoms with Gasteiger partial charge in [-0.05, 0) is 57.4 Å². The molecule has 41 heavy (non-hydrogen) atoms. The second-order valence-corrected chi connectivity index (χ2v) is 13.3. The molecular weight excluding hydrogens is 538 g/mol. The molecule has 1 atom stereocenters. The highest BCUT2D eigenvalue weighted by molar-refractivity contribution is 7.90. The van der Waals surface area contributed by atoms with Crippen LogP contribution in [-0.2, 0) is 32.6 Å². The van der Waals surface area contributed by atoms with Gasteiger partial charge in [0.05, 0.1) is 5.56 Å². The molecule has 9 heteroatoms. The Hall–Kier alpha value is -3.98. The zero-order valence-corrected chi connectivity index (χ0v) is 24.8. The van der Waals surface area contributed by atoms with E-state index in [0.29, 0.717) is 6.42 Å². The van der Waals surface area contributed by atoms with Crippen molar-refractivity contribution in [1.29, 1.82) is 0 Å². The minimum atomic E-state index is -3.96. The normalized spacial score (nSPS) is 14.8. The molecule has 8 nitrogen and oxygen atoms in total. The number of sulfonamides is 1. The monoisotopic (exact) mass is 575 g/mol. The van der Waals surface area contributed by atoms with Gasteiger partial charge >= 0.3 is 0 Å². The molecule has 216 valence electrons. The van der Waals surface area contributed by atoms with E-state index in [4.69, 9.17) is 0 Å². The van der Waals surface area contributed by atoms with E-state index in [1.165, 1.54) is 12.1 Å². The van der Waals surface area contributed by atoms with Crippen LogP contribution < -0.4 is 5.32 Å². The highest BCUT2D eigenvalue weighted by atomic mass is 32.2. The lowest BCUT2D eigenvalue weighted by molar-refractivity contribution is -0.142. The highest BCUT2D eigenvalue weighted by Gasteiger charge is 2.40. The first-order valence-electron chi connectivity index (χ1n) is 13.7. The lowest BCUT2D eigenvalue weighted by Gasteiger charge is -2.34. The summed E-state index contributed by atoms with van der Waals surface area (Å²) in [5.74, 6) is -1.15. The van der Waals surface area contributed by atoms with Crippen LogP contribution in [0.15, 0.2) is 83.8 Å². The van der Waals surface area contributed by atoms with Crippen molar-refractivity contribution in [3.05, 3.63) is 101 Å². The maximum absolute atomic E-state index is 13.9. The van der Waals surface area contributed by atoms with Gasteiger partial charge < -0.3 is 10.2 Å². The minimum Gasteiger partial charge on any atom is -0.350 e. The summed E-state index contributed by atoms with van der Waals surface area (Å²) < 4.78 is 26.8. The van der Waals surface area contributed by atoms with Crippen LogP contribution in [-0.4, -0.2) is 53.5 Å². The van der Waals surface area contributed by atoms with Crippen molar-refractivity contribution >= 4 is 27.7 Å². The fourth-order valence-electron chi connectivity index (χ4n) is 4.98. The van der Waals surface area contributed by atoms with Crippen LogP contribution in [0.1, 0.15) is 60.7 Å². The van der Waals surface area contributed by atoms with Gasteiger partial charge in [-0.2, -0.15) is 0 Å². The molecule has 0 fully saturated rings. The third kappa shape index (κ3) is 7.21. The number of nitrogens with zero attached hydrogens (tertiary/aromatic N) is 2. The molecule has 4 rings (SSSR count). The number of hydrogen-bond acceptors (Lipinski definition) is 5. The van der Waals surface area contributed by atoms with Crippen molar-refractivity contribution in [2.75, 3.05) is 6.54 Å². The lowest BCUT2D eigenvalue weighted by Crippen LogP contribution is -2.54. The first-order chi connectivity index (χ1) is 19.4. The van der Waals surface area contributed by atoms with Gasteiger partial charge in [-0.1, -0.05) is 72.3 Å². The Kier molecular flexibility index (Phi) is 8.97. The summed E-state index contributed by atoms with van der Waals surface area (Å²) in [7, 11) is -3.96. The number of aryl methyl sites for hydroxylation is 1. The molecule has 1 heterocycles. The Bertz CT molecular complexity index is 1530. The van der Waals surface area contributed by atoms with Crippen LogP contribution in [0.4, 0.5) is 0 Å². The molecule has 0 radical (unpaired) electrons. The van der Waals surface area contributed by atoms with E-state index in [2.05, 4.69) is 5.32 Å². The van der Waals surface area contributed by atoms with Gasteiger partial charge in [-0.15, -0.1) is 0 Å². The standard InChI is InChI=1S/C32H37N3O5S/c1-23-12-10-15-25(20-23)22-34(27(30(37)33-32(2,3)4)21-24-13-6-5-7-14-24)29(36)18-11-19-35-31(38)26-16-8-9-17-28(26)41(35,39)40/h5-10,12-17,20,27H,11,18-19,21-22H2,1-4H3,(H,33,37)/t27-/m0/s1. The number of benzene rings is 3. The molecule has 3 aromatic rings. The molecule has 0 unspecified atom stereocenters. The van der Waals surface area contributed by atoms with Gasteiger partial charge in [0.15, 0.2) is 0 Å². The third-order valence-electron chi connectivity index (χ3n) is 6.87. The maximum Gasteiger partial charge on any atom is 0.269 e. The molecule has 0 aromatic heterocycles. The Morgan fingerprint density at radius 2 is 1.59 bits per heavy atom. The SMILES string of the molecule is Cc1cccc(CN(C(=O)CCCN2C(=O)c3ccccc3S2(=O)=O)[C@@H](Cc2ccccc2)C(=O)NC(C)(C)C)c1. The second-order valence-electron chi connectivity index (χ2n) is 11.4. The largest absolute Gasteiger partial charge is 0.350 e. The van der Waals surface area contributed by atoms with Crippen LogP contribution >= 0.6 is 0 Å². The number of hydrogen-bond donors (Lipinski definition) is 1.